The van der Waals surface area contributed by atoms with Gasteiger partial charge in [0, 0.05) is 12.6 Å². The van der Waals surface area contributed by atoms with Gasteiger partial charge in [0.05, 0.1) is 16.1 Å². The first-order valence-electron chi connectivity index (χ1n) is 6.65. The van der Waals surface area contributed by atoms with Crippen LogP contribution in [0.1, 0.15) is 19.4 Å². The number of fused-ring (bicyclic) bond motifs is 1. The molecule has 3 nitrogen and oxygen atoms in total. The normalized spacial score (nSPS) is 25.0. The van der Waals surface area contributed by atoms with Crippen molar-refractivity contribution in [1.29, 1.82) is 0 Å². The van der Waals surface area contributed by atoms with Crippen LogP contribution in [0.3, 0.4) is 0 Å². The number of aromatic nitrogens is 2. The molecule has 0 bridgehead atoms. The number of hydrogen-bond donors (Lipinski definition) is 1. The summed E-state index contributed by atoms with van der Waals surface area (Å²) in [6.07, 6.45) is 1.12. The molecule has 0 saturated carbocycles. The molecule has 1 fully saturated rings. The van der Waals surface area contributed by atoms with E-state index in [0.717, 1.165) is 40.3 Å². The highest BCUT2D eigenvalue weighted by atomic mass is 35.5. The van der Waals surface area contributed by atoms with Crippen LogP contribution in [0.4, 0.5) is 0 Å². The van der Waals surface area contributed by atoms with Crippen molar-refractivity contribution < 1.29 is 0 Å². The van der Waals surface area contributed by atoms with Crippen LogP contribution in [-0.4, -0.2) is 34.6 Å². The molecule has 1 aromatic heterocycles. The van der Waals surface area contributed by atoms with Crippen molar-refractivity contribution in [3.05, 3.63) is 28.0 Å². The highest BCUT2D eigenvalue weighted by Crippen LogP contribution is 2.33. The molecule has 0 radical (unpaired) electrons. The van der Waals surface area contributed by atoms with Crippen molar-refractivity contribution in [3.63, 3.8) is 0 Å². The Morgan fingerprint density at radius 1 is 1.42 bits per heavy atom. The predicted molar refractivity (Wildman–Crippen MR) is 82.4 cm³/mol. The van der Waals surface area contributed by atoms with Crippen LogP contribution in [0.5, 0.6) is 0 Å². The van der Waals surface area contributed by atoms with Gasteiger partial charge in [0.15, 0.2) is 4.77 Å². The fraction of sp³-hybridized carbons (Fsp3) is 0.500. The maximum absolute atomic E-state index is 6.37. The highest BCUT2D eigenvalue weighted by molar-refractivity contribution is 7.71. The standard InChI is InChI=1S/C14H18ClN3S/c1-9-8-17(2)7-6-12(9)18-13-10(15)4-3-5-11(13)16-14(18)19/h3-5,9,12H,6-8H2,1-2H3,(H,16,19). The summed E-state index contributed by atoms with van der Waals surface area (Å²) in [5, 5.41) is 0.774. The molecule has 0 aliphatic carbocycles. The van der Waals surface area contributed by atoms with Gasteiger partial charge >= 0.3 is 0 Å². The van der Waals surface area contributed by atoms with E-state index in [4.69, 9.17) is 23.8 Å². The summed E-state index contributed by atoms with van der Waals surface area (Å²) in [6.45, 7) is 4.50. The number of nitrogens with zero attached hydrogens (tertiary/aromatic N) is 2. The second kappa shape index (κ2) is 4.93. The van der Waals surface area contributed by atoms with Gasteiger partial charge in [-0.05, 0) is 50.3 Å². The SMILES string of the molecule is CC1CN(C)CCC1n1c(=S)[nH]c2cccc(Cl)c21. The molecule has 2 unspecified atom stereocenters. The third-order valence-corrected chi connectivity index (χ3v) is 4.69. The van der Waals surface area contributed by atoms with E-state index >= 15 is 0 Å². The third-order valence-electron chi connectivity index (χ3n) is 4.08. The smallest absolute Gasteiger partial charge is 0.178 e. The quantitative estimate of drug-likeness (QED) is 0.808. The maximum atomic E-state index is 6.37. The van der Waals surface area contributed by atoms with E-state index in [1.165, 1.54) is 0 Å². The Morgan fingerprint density at radius 3 is 2.95 bits per heavy atom. The molecule has 0 spiro atoms. The number of halogens is 1. The van der Waals surface area contributed by atoms with Crippen LogP contribution >= 0.6 is 23.8 Å². The Kier molecular flexibility index (Phi) is 3.41. The molecule has 3 rings (SSSR count). The van der Waals surface area contributed by atoms with Crippen molar-refractivity contribution in [2.45, 2.75) is 19.4 Å². The largest absolute Gasteiger partial charge is 0.331 e. The van der Waals surface area contributed by atoms with Crippen molar-refractivity contribution >= 4 is 34.9 Å². The predicted octanol–water partition coefficient (Wildman–Crippen LogP) is 3.86. The molecule has 2 heterocycles. The molecule has 102 valence electrons. The van der Waals surface area contributed by atoms with Crippen molar-refractivity contribution in [2.75, 3.05) is 20.1 Å². The van der Waals surface area contributed by atoms with Crippen LogP contribution < -0.4 is 0 Å². The van der Waals surface area contributed by atoms with Gasteiger partial charge in [-0.3, -0.25) is 0 Å². The van der Waals surface area contributed by atoms with Crippen molar-refractivity contribution in [1.82, 2.24) is 14.5 Å². The summed E-state index contributed by atoms with van der Waals surface area (Å²) < 4.78 is 3.01. The summed E-state index contributed by atoms with van der Waals surface area (Å²) in [5.41, 5.74) is 2.08. The number of imidazole rings is 1. The Balaban J connectivity index is 2.15. The number of likely N-dealkylation sites (tertiary alicyclic amines) is 1. The topological polar surface area (TPSA) is 24.0 Å². The Morgan fingerprint density at radius 2 is 2.21 bits per heavy atom. The van der Waals surface area contributed by atoms with E-state index in [9.17, 15) is 0 Å². The summed E-state index contributed by atoms with van der Waals surface area (Å²) in [6, 6.07) is 6.35. The van der Waals surface area contributed by atoms with Gasteiger partial charge in [0.25, 0.3) is 0 Å². The second-order valence-electron chi connectivity index (χ2n) is 5.53. The number of rotatable bonds is 1. The van der Waals surface area contributed by atoms with Crippen LogP contribution in [0.25, 0.3) is 11.0 Å². The molecular weight excluding hydrogens is 278 g/mol. The minimum atomic E-state index is 0.428. The van der Waals surface area contributed by atoms with Crippen LogP contribution in [0, 0.1) is 10.7 Å². The number of aromatic amines is 1. The van der Waals surface area contributed by atoms with E-state index in [2.05, 4.69) is 28.4 Å². The highest BCUT2D eigenvalue weighted by Gasteiger charge is 2.27. The first kappa shape index (κ1) is 13.2. The molecule has 1 aliphatic heterocycles. The lowest BCUT2D eigenvalue weighted by Gasteiger charge is -2.35. The van der Waals surface area contributed by atoms with Gasteiger partial charge in [-0.1, -0.05) is 24.6 Å². The molecular formula is C14H18ClN3S. The number of nitrogens with one attached hydrogen (secondary N) is 1. The Hall–Kier alpha value is -0.840. The number of piperidine rings is 1. The van der Waals surface area contributed by atoms with E-state index in [1.807, 2.05) is 18.2 Å². The first-order chi connectivity index (χ1) is 9.08. The van der Waals surface area contributed by atoms with E-state index in [0.29, 0.717) is 12.0 Å². The molecule has 1 aromatic carbocycles. The van der Waals surface area contributed by atoms with Gasteiger partial charge in [-0.2, -0.15) is 0 Å². The molecule has 2 atom stereocenters. The van der Waals surface area contributed by atoms with E-state index < -0.39 is 0 Å². The second-order valence-corrected chi connectivity index (χ2v) is 6.33. The lowest BCUT2D eigenvalue weighted by molar-refractivity contribution is 0.160. The lowest BCUT2D eigenvalue weighted by Crippen LogP contribution is -2.37. The molecule has 0 amide bonds. The third kappa shape index (κ3) is 2.22. The zero-order chi connectivity index (χ0) is 13.6. The van der Waals surface area contributed by atoms with Gasteiger partial charge < -0.3 is 14.5 Å². The Labute approximate surface area is 123 Å². The molecule has 1 aliphatic rings. The number of hydrogen-bond acceptors (Lipinski definition) is 2. The lowest BCUT2D eigenvalue weighted by atomic mass is 9.94. The van der Waals surface area contributed by atoms with Crippen LogP contribution in [-0.2, 0) is 0 Å². The maximum Gasteiger partial charge on any atom is 0.178 e. The number of H-pyrrole nitrogens is 1. The molecule has 1 saturated heterocycles. The minimum Gasteiger partial charge on any atom is -0.331 e. The van der Waals surface area contributed by atoms with Crippen molar-refractivity contribution in [3.8, 4) is 0 Å². The Bertz CT molecular complexity index is 660. The summed E-state index contributed by atoms with van der Waals surface area (Å²) >= 11 is 11.9. The zero-order valence-electron chi connectivity index (χ0n) is 11.2. The van der Waals surface area contributed by atoms with E-state index in [1.54, 1.807) is 0 Å². The fourth-order valence-corrected chi connectivity index (χ4v) is 3.78. The van der Waals surface area contributed by atoms with E-state index in [-0.39, 0.29) is 0 Å². The number of benzene rings is 1. The molecule has 1 N–H and O–H groups in total. The monoisotopic (exact) mass is 295 g/mol. The van der Waals surface area contributed by atoms with Gasteiger partial charge in [-0.15, -0.1) is 0 Å². The molecule has 2 aromatic rings. The summed E-state index contributed by atoms with van der Waals surface area (Å²) in [7, 11) is 2.17. The molecule has 19 heavy (non-hydrogen) atoms. The average molecular weight is 296 g/mol. The molecule has 5 heteroatoms. The average Bonchev–Trinajstić information content (AvgIpc) is 2.67. The van der Waals surface area contributed by atoms with Gasteiger partial charge in [0.1, 0.15) is 0 Å². The summed E-state index contributed by atoms with van der Waals surface area (Å²) in [5.74, 6) is 0.570. The minimum absolute atomic E-state index is 0.428. The van der Waals surface area contributed by atoms with Gasteiger partial charge in [0.2, 0.25) is 0 Å². The number of para-hydroxylation sites is 1. The van der Waals surface area contributed by atoms with Gasteiger partial charge in [-0.25, -0.2) is 0 Å². The first-order valence-corrected chi connectivity index (χ1v) is 7.44. The fourth-order valence-electron chi connectivity index (χ4n) is 3.18. The summed E-state index contributed by atoms with van der Waals surface area (Å²) in [4.78, 5) is 5.65. The zero-order valence-corrected chi connectivity index (χ0v) is 12.8. The van der Waals surface area contributed by atoms with Crippen molar-refractivity contribution in [2.24, 2.45) is 5.92 Å². The van der Waals surface area contributed by atoms with Crippen LogP contribution in [0.15, 0.2) is 18.2 Å². The van der Waals surface area contributed by atoms with Crippen LogP contribution in [0.2, 0.25) is 5.02 Å².